The van der Waals surface area contributed by atoms with Gasteiger partial charge >= 0.3 is 5.51 Å². The zero-order valence-electron chi connectivity index (χ0n) is 9.46. The van der Waals surface area contributed by atoms with Gasteiger partial charge in [0, 0.05) is 19.0 Å². The lowest BCUT2D eigenvalue weighted by Gasteiger charge is -2.05. The second-order valence-corrected chi connectivity index (χ2v) is 5.19. The average Bonchev–Trinajstić information content (AvgIpc) is 2.22. The van der Waals surface area contributed by atoms with E-state index in [0.717, 1.165) is 24.6 Å². The molecule has 0 radical (unpaired) electrons. The monoisotopic (exact) mass is 347 g/mol. The van der Waals surface area contributed by atoms with E-state index in [2.05, 4.69) is 15.9 Å². The number of thioether (sulfide) groups is 1. The molecule has 0 aromatic heterocycles. The van der Waals surface area contributed by atoms with Crippen LogP contribution in [0.2, 0.25) is 0 Å². The maximum Gasteiger partial charge on any atom is 0.446 e. The van der Waals surface area contributed by atoms with Gasteiger partial charge in [-0.25, -0.2) is 4.39 Å². The van der Waals surface area contributed by atoms with Crippen molar-refractivity contribution >= 4 is 34.1 Å². The van der Waals surface area contributed by atoms with Crippen molar-refractivity contribution in [1.29, 1.82) is 0 Å². The zero-order valence-corrected chi connectivity index (χ0v) is 11.9. The summed E-state index contributed by atoms with van der Waals surface area (Å²) >= 11 is 2.52. The van der Waals surface area contributed by atoms with Crippen molar-refractivity contribution in [2.24, 2.45) is 0 Å². The van der Waals surface area contributed by atoms with E-state index < -0.39 is 11.3 Å². The van der Waals surface area contributed by atoms with Crippen LogP contribution in [0, 0.1) is 5.82 Å². The summed E-state index contributed by atoms with van der Waals surface area (Å²) in [6.07, 6.45) is 0.750. The Labute approximate surface area is 114 Å². The molecule has 0 heterocycles. The Morgan fingerprint density at radius 1 is 1.33 bits per heavy atom. The standard InChI is InChI=1S/C7H3BrF4S.C3H7NO/c8-5-3-4(1-2-6(5)9)13-7(10,11)12;1-4(2)3-5/h1-3H;3H,1-2H3. The fourth-order valence-electron chi connectivity index (χ4n) is 0.674. The van der Waals surface area contributed by atoms with Crippen LogP contribution in [-0.4, -0.2) is 30.9 Å². The van der Waals surface area contributed by atoms with Gasteiger partial charge in [0.1, 0.15) is 5.82 Å². The molecule has 0 bridgehead atoms. The summed E-state index contributed by atoms with van der Waals surface area (Å²) in [7, 11) is 3.38. The van der Waals surface area contributed by atoms with Gasteiger partial charge < -0.3 is 4.90 Å². The lowest BCUT2D eigenvalue weighted by Crippen LogP contribution is -2.06. The Kier molecular flexibility index (Phi) is 7.30. The lowest BCUT2D eigenvalue weighted by molar-refractivity contribution is -0.115. The number of nitrogens with zero attached hydrogens (tertiary/aromatic N) is 1. The minimum Gasteiger partial charge on any atom is -0.351 e. The molecule has 1 amide bonds. The van der Waals surface area contributed by atoms with Crippen LogP contribution < -0.4 is 0 Å². The first kappa shape index (κ1) is 17.2. The fourth-order valence-corrected chi connectivity index (χ4v) is 1.78. The van der Waals surface area contributed by atoms with Crippen LogP contribution in [0.4, 0.5) is 17.6 Å². The topological polar surface area (TPSA) is 20.3 Å². The van der Waals surface area contributed by atoms with Gasteiger partial charge in [0.15, 0.2) is 0 Å². The van der Waals surface area contributed by atoms with E-state index in [1.54, 1.807) is 14.1 Å². The van der Waals surface area contributed by atoms with Gasteiger partial charge in [-0.15, -0.1) is 0 Å². The van der Waals surface area contributed by atoms with E-state index in [0.29, 0.717) is 0 Å². The van der Waals surface area contributed by atoms with Crippen LogP contribution in [0.5, 0.6) is 0 Å². The molecule has 18 heavy (non-hydrogen) atoms. The Bertz CT molecular complexity index is 398. The third-order valence-corrected chi connectivity index (χ3v) is 2.66. The summed E-state index contributed by atoms with van der Waals surface area (Å²) in [5.74, 6) is -0.577. The van der Waals surface area contributed by atoms with Crippen molar-refractivity contribution in [3.05, 3.63) is 28.5 Å². The van der Waals surface area contributed by atoms with Crippen LogP contribution in [0.1, 0.15) is 0 Å². The van der Waals surface area contributed by atoms with Crippen molar-refractivity contribution in [1.82, 2.24) is 4.90 Å². The van der Waals surface area contributed by atoms with E-state index in [1.165, 1.54) is 4.90 Å². The smallest absolute Gasteiger partial charge is 0.351 e. The highest BCUT2D eigenvalue weighted by Crippen LogP contribution is 2.37. The molecular weight excluding hydrogens is 338 g/mol. The predicted molar refractivity (Wildman–Crippen MR) is 65.8 cm³/mol. The summed E-state index contributed by atoms with van der Waals surface area (Å²) in [5.41, 5.74) is -4.34. The molecule has 2 nitrogen and oxygen atoms in total. The molecule has 102 valence electrons. The summed E-state index contributed by atoms with van der Waals surface area (Å²) in [6, 6.07) is 3.16. The largest absolute Gasteiger partial charge is 0.446 e. The van der Waals surface area contributed by atoms with Crippen LogP contribution in [-0.2, 0) is 4.79 Å². The van der Waals surface area contributed by atoms with E-state index in [9.17, 15) is 22.4 Å². The van der Waals surface area contributed by atoms with E-state index in [4.69, 9.17) is 0 Å². The molecule has 0 saturated carbocycles. The number of hydrogen-bond donors (Lipinski definition) is 0. The first-order valence-corrected chi connectivity index (χ1v) is 6.09. The number of carbonyl (C=O) groups excluding carboxylic acids is 1. The van der Waals surface area contributed by atoms with Gasteiger partial charge in [-0.2, -0.15) is 13.2 Å². The molecule has 0 aliphatic heterocycles. The van der Waals surface area contributed by atoms with Crippen molar-refractivity contribution in [3.63, 3.8) is 0 Å². The molecule has 0 unspecified atom stereocenters. The fraction of sp³-hybridized carbons (Fsp3) is 0.300. The molecular formula is C10H10BrF4NOS. The molecule has 1 aromatic carbocycles. The van der Waals surface area contributed by atoms with E-state index in [-0.39, 0.29) is 21.1 Å². The van der Waals surface area contributed by atoms with Gasteiger partial charge in [-0.3, -0.25) is 4.79 Å². The maximum absolute atomic E-state index is 12.6. The van der Waals surface area contributed by atoms with Gasteiger partial charge in [-0.1, -0.05) is 0 Å². The maximum atomic E-state index is 12.6. The third-order valence-electron chi connectivity index (χ3n) is 1.34. The Morgan fingerprint density at radius 3 is 2.17 bits per heavy atom. The quantitative estimate of drug-likeness (QED) is 0.459. The number of alkyl halides is 3. The van der Waals surface area contributed by atoms with Crippen molar-refractivity contribution < 1.29 is 22.4 Å². The van der Waals surface area contributed by atoms with Gasteiger partial charge in [-0.05, 0) is 45.9 Å². The Balaban J connectivity index is 0.000000494. The van der Waals surface area contributed by atoms with Crippen LogP contribution in [0.15, 0.2) is 27.6 Å². The zero-order chi connectivity index (χ0) is 14.3. The second kappa shape index (κ2) is 7.63. The minimum absolute atomic E-state index is 0.0294. The number of carbonyl (C=O) groups is 1. The Hall–Kier alpha value is -0.760. The van der Waals surface area contributed by atoms with Crippen molar-refractivity contribution in [2.75, 3.05) is 14.1 Å². The normalized spacial score (nSPS) is 10.4. The first-order chi connectivity index (χ1) is 8.15. The number of rotatable bonds is 2. The predicted octanol–water partition coefficient (Wildman–Crippen LogP) is 3.90. The first-order valence-electron chi connectivity index (χ1n) is 4.48. The molecule has 0 aliphatic carbocycles. The highest BCUT2D eigenvalue weighted by atomic mass is 79.9. The van der Waals surface area contributed by atoms with Crippen LogP contribution in [0.25, 0.3) is 0 Å². The number of hydrogen-bond acceptors (Lipinski definition) is 2. The van der Waals surface area contributed by atoms with Crippen LogP contribution in [0.3, 0.4) is 0 Å². The average molecular weight is 348 g/mol. The summed E-state index contributed by atoms with van der Waals surface area (Å²) < 4.78 is 48.1. The highest BCUT2D eigenvalue weighted by Gasteiger charge is 2.29. The SMILES string of the molecule is CN(C)C=O.Fc1ccc(SC(F)(F)F)cc1Br. The minimum atomic E-state index is -4.34. The molecule has 0 saturated heterocycles. The lowest BCUT2D eigenvalue weighted by atomic mass is 10.3. The summed E-state index contributed by atoms with van der Waals surface area (Å²) in [5, 5.41) is 0. The summed E-state index contributed by atoms with van der Waals surface area (Å²) in [6.45, 7) is 0. The molecule has 0 spiro atoms. The molecule has 0 N–H and O–H groups in total. The molecule has 0 atom stereocenters. The third kappa shape index (κ3) is 8.35. The molecule has 0 fully saturated rings. The number of benzene rings is 1. The van der Waals surface area contributed by atoms with Gasteiger partial charge in [0.2, 0.25) is 6.41 Å². The van der Waals surface area contributed by atoms with Crippen molar-refractivity contribution in [3.8, 4) is 0 Å². The van der Waals surface area contributed by atoms with E-state index >= 15 is 0 Å². The second-order valence-electron chi connectivity index (χ2n) is 3.19. The van der Waals surface area contributed by atoms with Gasteiger partial charge in [0.25, 0.3) is 0 Å². The molecule has 1 aromatic rings. The van der Waals surface area contributed by atoms with Crippen molar-refractivity contribution in [2.45, 2.75) is 10.4 Å². The van der Waals surface area contributed by atoms with E-state index in [1.807, 2.05) is 0 Å². The van der Waals surface area contributed by atoms with Gasteiger partial charge in [0.05, 0.1) is 4.47 Å². The van der Waals surface area contributed by atoms with Crippen LogP contribution >= 0.6 is 27.7 Å². The number of halogens is 5. The Morgan fingerprint density at radius 2 is 1.83 bits per heavy atom. The molecule has 1 rings (SSSR count). The highest BCUT2D eigenvalue weighted by molar-refractivity contribution is 9.10. The molecule has 0 aliphatic rings. The summed E-state index contributed by atoms with van der Waals surface area (Å²) in [4.78, 5) is 10.8. The number of amides is 1. The molecule has 8 heteroatoms.